The van der Waals surface area contributed by atoms with E-state index in [1.54, 1.807) is 13.2 Å². The maximum Gasteiger partial charge on any atom is 0.336 e. The molecule has 0 heterocycles. The van der Waals surface area contributed by atoms with E-state index in [0.29, 0.717) is 12.0 Å². The highest BCUT2D eigenvalue weighted by atomic mass is 16.5. The Hall–Kier alpha value is -2.82. The van der Waals surface area contributed by atoms with Crippen LogP contribution in [0.25, 0.3) is 0 Å². The normalized spacial score (nSPS) is 10.3. The topological polar surface area (TPSA) is 83.8 Å². The number of methoxy groups -OCH3 is 1. The summed E-state index contributed by atoms with van der Waals surface area (Å²) in [5.41, 5.74) is 2.42. The third-order valence-electron chi connectivity index (χ3n) is 3.73. The summed E-state index contributed by atoms with van der Waals surface area (Å²) in [6, 6.07) is 9.91. The predicted molar refractivity (Wildman–Crippen MR) is 85.5 cm³/mol. The molecule has 0 aliphatic carbocycles. The summed E-state index contributed by atoms with van der Waals surface area (Å²) in [5.74, 6) is -1.55. The molecule has 2 N–H and O–H groups in total. The van der Waals surface area contributed by atoms with Gasteiger partial charge in [0.05, 0.1) is 18.2 Å². The van der Waals surface area contributed by atoms with Gasteiger partial charge in [-0.2, -0.15) is 0 Å². The van der Waals surface area contributed by atoms with Crippen LogP contribution in [-0.2, 0) is 12.8 Å². The molecule has 0 unspecified atom stereocenters. The van der Waals surface area contributed by atoms with Gasteiger partial charge in [0, 0.05) is 6.42 Å². The number of carboxylic acids is 2. The van der Waals surface area contributed by atoms with E-state index in [-0.39, 0.29) is 11.1 Å². The van der Waals surface area contributed by atoms with E-state index < -0.39 is 11.9 Å². The van der Waals surface area contributed by atoms with Crippen molar-refractivity contribution in [3.63, 3.8) is 0 Å². The molecule has 0 radical (unpaired) electrons. The van der Waals surface area contributed by atoms with Gasteiger partial charge in [-0.15, -0.1) is 0 Å². The third kappa shape index (κ3) is 3.51. The minimum absolute atomic E-state index is 0.00569. The summed E-state index contributed by atoms with van der Waals surface area (Å²) in [7, 11) is 1.59. The number of aryl methyl sites for hydroxylation is 1. The van der Waals surface area contributed by atoms with Crippen LogP contribution in [0.15, 0.2) is 36.4 Å². The second kappa shape index (κ2) is 6.96. The lowest BCUT2D eigenvalue weighted by Gasteiger charge is -2.14. The van der Waals surface area contributed by atoms with Gasteiger partial charge in [0.1, 0.15) is 5.75 Å². The highest BCUT2D eigenvalue weighted by Gasteiger charge is 2.16. The van der Waals surface area contributed by atoms with Crippen molar-refractivity contribution in [2.24, 2.45) is 0 Å². The molecule has 2 aromatic rings. The van der Waals surface area contributed by atoms with Crippen LogP contribution in [0, 0.1) is 0 Å². The van der Waals surface area contributed by atoms with Crippen LogP contribution < -0.4 is 4.74 Å². The standard InChI is InChI=1S/C18H18O5/c1-3-11-5-4-6-13(16(11)23-2)9-12-7-8-14(17(19)20)10-15(12)18(21)22/h4-8,10H,3,9H2,1-2H3,(H,19,20)(H,21,22). The molecule has 0 spiro atoms. The van der Waals surface area contributed by atoms with Gasteiger partial charge in [-0.1, -0.05) is 31.2 Å². The summed E-state index contributed by atoms with van der Waals surface area (Å²) < 4.78 is 5.46. The number of para-hydroxylation sites is 1. The number of benzene rings is 2. The first-order valence-corrected chi connectivity index (χ1v) is 7.22. The molecule has 0 aromatic heterocycles. The maximum absolute atomic E-state index is 11.4. The third-order valence-corrected chi connectivity index (χ3v) is 3.73. The number of ether oxygens (including phenoxy) is 1. The summed E-state index contributed by atoms with van der Waals surface area (Å²) in [4.78, 5) is 22.5. The fourth-order valence-corrected chi connectivity index (χ4v) is 2.59. The molecule has 2 rings (SSSR count). The van der Waals surface area contributed by atoms with E-state index in [2.05, 4.69) is 0 Å². The van der Waals surface area contributed by atoms with Crippen molar-refractivity contribution in [1.82, 2.24) is 0 Å². The lowest BCUT2D eigenvalue weighted by atomic mass is 9.95. The molecule has 0 atom stereocenters. The zero-order valence-corrected chi connectivity index (χ0v) is 13.0. The zero-order valence-electron chi connectivity index (χ0n) is 13.0. The average molecular weight is 314 g/mol. The van der Waals surface area contributed by atoms with Crippen molar-refractivity contribution in [3.05, 3.63) is 64.2 Å². The Labute approximate surface area is 134 Å². The van der Waals surface area contributed by atoms with Gasteiger partial charge in [-0.25, -0.2) is 9.59 Å². The van der Waals surface area contributed by atoms with Crippen LogP contribution in [0.5, 0.6) is 5.75 Å². The Bertz CT molecular complexity index is 749. The zero-order chi connectivity index (χ0) is 17.0. The van der Waals surface area contributed by atoms with Crippen molar-refractivity contribution in [1.29, 1.82) is 0 Å². The number of carboxylic acid groups (broad SMARTS) is 2. The lowest BCUT2D eigenvalue weighted by Crippen LogP contribution is -2.07. The molecule has 5 nitrogen and oxygen atoms in total. The molecular formula is C18H18O5. The first-order valence-electron chi connectivity index (χ1n) is 7.22. The second-order valence-corrected chi connectivity index (χ2v) is 5.12. The largest absolute Gasteiger partial charge is 0.496 e. The Morgan fingerprint density at radius 2 is 1.70 bits per heavy atom. The van der Waals surface area contributed by atoms with Crippen LogP contribution in [0.3, 0.4) is 0 Å². The highest BCUT2D eigenvalue weighted by molar-refractivity contribution is 5.95. The fourth-order valence-electron chi connectivity index (χ4n) is 2.59. The quantitative estimate of drug-likeness (QED) is 0.855. The van der Waals surface area contributed by atoms with Crippen molar-refractivity contribution in [2.75, 3.05) is 7.11 Å². The first-order chi connectivity index (χ1) is 11.0. The molecule has 0 aliphatic rings. The van der Waals surface area contributed by atoms with E-state index >= 15 is 0 Å². The van der Waals surface area contributed by atoms with Crippen LogP contribution in [-0.4, -0.2) is 29.3 Å². The number of hydrogen-bond acceptors (Lipinski definition) is 3. The summed E-state index contributed by atoms with van der Waals surface area (Å²) in [5, 5.41) is 18.4. The van der Waals surface area contributed by atoms with Crippen molar-refractivity contribution >= 4 is 11.9 Å². The predicted octanol–water partition coefficient (Wildman–Crippen LogP) is 3.24. The lowest BCUT2D eigenvalue weighted by molar-refractivity contribution is 0.0695. The molecule has 120 valence electrons. The summed E-state index contributed by atoms with van der Waals surface area (Å²) in [6.45, 7) is 2.02. The minimum Gasteiger partial charge on any atom is -0.496 e. The molecule has 0 aliphatic heterocycles. The van der Waals surface area contributed by atoms with Gasteiger partial charge < -0.3 is 14.9 Å². The Morgan fingerprint density at radius 1 is 1.00 bits per heavy atom. The van der Waals surface area contributed by atoms with Gasteiger partial charge in [0.25, 0.3) is 0 Å². The minimum atomic E-state index is -1.15. The molecule has 0 fully saturated rings. The summed E-state index contributed by atoms with van der Waals surface area (Å²) >= 11 is 0. The molecule has 0 saturated carbocycles. The number of hydrogen-bond donors (Lipinski definition) is 2. The molecule has 2 aromatic carbocycles. The van der Waals surface area contributed by atoms with E-state index in [1.807, 2.05) is 25.1 Å². The molecule has 5 heteroatoms. The second-order valence-electron chi connectivity index (χ2n) is 5.12. The van der Waals surface area contributed by atoms with Crippen LogP contribution >= 0.6 is 0 Å². The SMILES string of the molecule is CCc1cccc(Cc2ccc(C(=O)O)cc2C(=O)O)c1OC. The van der Waals surface area contributed by atoms with Gasteiger partial charge in [0.15, 0.2) is 0 Å². The van der Waals surface area contributed by atoms with E-state index in [1.165, 1.54) is 12.1 Å². The molecular weight excluding hydrogens is 296 g/mol. The first kappa shape index (κ1) is 16.5. The molecule has 0 bridgehead atoms. The Kier molecular flexibility index (Phi) is 5.01. The molecule has 0 saturated heterocycles. The monoisotopic (exact) mass is 314 g/mol. The van der Waals surface area contributed by atoms with Gasteiger partial charge in [-0.3, -0.25) is 0 Å². The van der Waals surface area contributed by atoms with E-state index in [9.17, 15) is 14.7 Å². The number of carbonyl (C=O) groups is 2. The van der Waals surface area contributed by atoms with Crippen LogP contribution in [0.4, 0.5) is 0 Å². The van der Waals surface area contributed by atoms with Gasteiger partial charge in [-0.05, 0) is 35.2 Å². The van der Waals surface area contributed by atoms with Gasteiger partial charge >= 0.3 is 11.9 Å². The van der Waals surface area contributed by atoms with Crippen molar-refractivity contribution in [2.45, 2.75) is 19.8 Å². The highest BCUT2D eigenvalue weighted by Crippen LogP contribution is 2.28. The average Bonchev–Trinajstić information content (AvgIpc) is 2.54. The smallest absolute Gasteiger partial charge is 0.336 e. The Morgan fingerprint density at radius 3 is 2.26 bits per heavy atom. The van der Waals surface area contributed by atoms with Crippen LogP contribution in [0.2, 0.25) is 0 Å². The molecule has 23 heavy (non-hydrogen) atoms. The van der Waals surface area contributed by atoms with E-state index in [0.717, 1.165) is 23.3 Å². The Balaban J connectivity index is 2.48. The van der Waals surface area contributed by atoms with Gasteiger partial charge in [0.2, 0.25) is 0 Å². The summed E-state index contributed by atoms with van der Waals surface area (Å²) in [6.07, 6.45) is 1.17. The number of aromatic carboxylic acids is 2. The maximum atomic E-state index is 11.4. The fraction of sp³-hybridized carbons (Fsp3) is 0.222. The van der Waals surface area contributed by atoms with E-state index in [4.69, 9.17) is 9.84 Å². The van der Waals surface area contributed by atoms with Crippen molar-refractivity contribution < 1.29 is 24.5 Å². The number of rotatable bonds is 6. The molecule has 0 amide bonds. The van der Waals surface area contributed by atoms with Crippen molar-refractivity contribution in [3.8, 4) is 5.75 Å². The van der Waals surface area contributed by atoms with Crippen LogP contribution in [0.1, 0.15) is 44.3 Å².